The number of para-hydroxylation sites is 1. The van der Waals surface area contributed by atoms with E-state index in [4.69, 9.17) is 13.9 Å². The van der Waals surface area contributed by atoms with Crippen molar-refractivity contribution in [1.29, 1.82) is 0 Å². The van der Waals surface area contributed by atoms with Crippen LogP contribution in [0.2, 0.25) is 0 Å². The Morgan fingerprint density at radius 1 is 1.08 bits per heavy atom. The highest BCUT2D eigenvalue weighted by molar-refractivity contribution is 5.69. The lowest BCUT2D eigenvalue weighted by atomic mass is 10.2. The van der Waals surface area contributed by atoms with Crippen molar-refractivity contribution in [3.8, 4) is 17.2 Å². The fraction of sp³-hybridized carbons (Fsp3) is 0.211. The van der Waals surface area contributed by atoms with E-state index in [1.54, 1.807) is 24.3 Å². The number of nitrogens with zero attached hydrogens (tertiary/aromatic N) is 2. The van der Waals surface area contributed by atoms with Gasteiger partial charge in [0.05, 0.1) is 0 Å². The molecule has 26 heavy (non-hydrogen) atoms. The average Bonchev–Trinajstić information content (AvgIpc) is 3.01. The molecule has 0 saturated carbocycles. The SMILES string of the molecule is Cc1ccccc1OCCOC(=O)Cn1nc(-c2ccccc2)oc1=O. The zero-order valence-electron chi connectivity index (χ0n) is 14.3. The second kappa shape index (κ2) is 8.15. The minimum Gasteiger partial charge on any atom is -0.490 e. The average molecular weight is 354 g/mol. The van der Waals surface area contributed by atoms with E-state index in [-0.39, 0.29) is 25.6 Å². The maximum Gasteiger partial charge on any atom is 0.437 e. The van der Waals surface area contributed by atoms with Gasteiger partial charge >= 0.3 is 11.7 Å². The molecule has 134 valence electrons. The van der Waals surface area contributed by atoms with Crippen LogP contribution in [0.5, 0.6) is 5.75 Å². The van der Waals surface area contributed by atoms with Crippen molar-refractivity contribution in [2.45, 2.75) is 13.5 Å². The van der Waals surface area contributed by atoms with E-state index in [2.05, 4.69) is 5.10 Å². The molecule has 0 atom stereocenters. The number of benzene rings is 2. The summed E-state index contributed by atoms with van der Waals surface area (Å²) in [6, 6.07) is 16.5. The Morgan fingerprint density at radius 3 is 2.58 bits per heavy atom. The van der Waals surface area contributed by atoms with Crippen LogP contribution in [-0.2, 0) is 16.1 Å². The molecule has 0 fully saturated rings. The highest BCUT2D eigenvalue weighted by Crippen LogP contribution is 2.16. The zero-order valence-corrected chi connectivity index (χ0v) is 14.3. The number of carbonyl (C=O) groups excluding carboxylic acids is 1. The van der Waals surface area contributed by atoms with Gasteiger partial charge in [-0.25, -0.2) is 4.79 Å². The Labute approximate surface area is 149 Å². The van der Waals surface area contributed by atoms with Crippen LogP contribution < -0.4 is 10.5 Å². The van der Waals surface area contributed by atoms with E-state index in [1.165, 1.54) is 0 Å². The molecule has 3 rings (SSSR count). The second-order valence-corrected chi connectivity index (χ2v) is 5.53. The lowest BCUT2D eigenvalue weighted by Gasteiger charge is -2.09. The molecule has 0 radical (unpaired) electrons. The van der Waals surface area contributed by atoms with Crippen LogP contribution in [0.3, 0.4) is 0 Å². The Bertz CT molecular complexity index is 930. The van der Waals surface area contributed by atoms with Gasteiger partial charge in [0.25, 0.3) is 0 Å². The standard InChI is InChI=1S/C19H18N2O5/c1-14-7-5-6-10-16(14)24-11-12-25-17(22)13-21-19(23)26-18(20-21)15-8-3-2-4-9-15/h2-10H,11-13H2,1H3. The molecule has 1 heterocycles. The summed E-state index contributed by atoms with van der Waals surface area (Å²) in [4.78, 5) is 23.7. The van der Waals surface area contributed by atoms with Gasteiger partial charge in [0, 0.05) is 5.56 Å². The highest BCUT2D eigenvalue weighted by Gasteiger charge is 2.13. The highest BCUT2D eigenvalue weighted by atomic mass is 16.6. The molecule has 0 amide bonds. The zero-order chi connectivity index (χ0) is 18.4. The maximum atomic E-state index is 11.9. The van der Waals surface area contributed by atoms with Crippen LogP contribution in [0.1, 0.15) is 5.56 Å². The molecule has 0 aliphatic rings. The van der Waals surface area contributed by atoms with E-state index >= 15 is 0 Å². The lowest BCUT2D eigenvalue weighted by molar-refractivity contribution is -0.145. The van der Waals surface area contributed by atoms with Crippen molar-refractivity contribution in [2.24, 2.45) is 0 Å². The predicted octanol–water partition coefficient (Wildman–Crippen LogP) is 2.43. The van der Waals surface area contributed by atoms with Gasteiger partial charge in [0.2, 0.25) is 5.89 Å². The summed E-state index contributed by atoms with van der Waals surface area (Å²) in [6.07, 6.45) is 0. The molecule has 2 aromatic carbocycles. The normalized spacial score (nSPS) is 10.5. The van der Waals surface area contributed by atoms with Crippen LogP contribution in [-0.4, -0.2) is 29.0 Å². The number of aryl methyl sites for hydroxylation is 1. The van der Waals surface area contributed by atoms with Crippen LogP contribution in [0.15, 0.2) is 63.8 Å². The summed E-state index contributed by atoms with van der Waals surface area (Å²) in [5.74, 6) is -0.402. The number of hydrogen-bond donors (Lipinski definition) is 0. The number of hydrogen-bond acceptors (Lipinski definition) is 6. The molecule has 0 saturated heterocycles. The predicted molar refractivity (Wildman–Crippen MR) is 93.8 cm³/mol. The number of esters is 1. The Balaban J connectivity index is 1.50. The molecule has 0 aliphatic carbocycles. The minimum absolute atomic E-state index is 0.0747. The fourth-order valence-corrected chi connectivity index (χ4v) is 2.30. The Kier molecular flexibility index (Phi) is 5.48. The van der Waals surface area contributed by atoms with E-state index in [1.807, 2.05) is 37.3 Å². The van der Waals surface area contributed by atoms with Crippen molar-refractivity contribution in [2.75, 3.05) is 13.2 Å². The topological polar surface area (TPSA) is 83.6 Å². The molecular weight excluding hydrogens is 336 g/mol. The molecule has 0 N–H and O–H groups in total. The number of rotatable bonds is 7. The van der Waals surface area contributed by atoms with Crippen molar-refractivity contribution in [1.82, 2.24) is 9.78 Å². The molecule has 7 nitrogen and oxygen atoms in total. The number of ether oxygens (including phenoxy) is 2. The second-order valence-electron chi connectivity index (χ2n) is 5.53. The van der Waals surface area contributed by atoms with Gasteiger partial charge in [-0.15, -0.1) is 5.10 Å². The van der Waals surface area contributed by atoms with Crippen molar-refractivity contribution in [3.05, 3.63) is 70.7 Å². The first-order valence-electron chi connectivity index (χ1n) is 8.11. The lowest BCUT2D eigenvalue weighted by Crippen LogP contribution is -2.24. The summed E-state index contributed by atoms with van der Waals surface area (Å²) in [6.45, 7) is 1.91. The van der Waals surface area contributed by atoms with Crippen molar-refractivity contribution >= 4 is 5.97 Å². The van der Waals surface area contributed by atoms with Crippen LogP contribution >= 0.6 is 0 Å². The van der Waals surface area contributed by atoms with Crippen LogP contribution in [0.25, 0.3) is 11.5 Å². The van der Waals surface area contributed by atoms with E-state index in [0.29, 0.717) is 5.56 Å². The van der Waals surface area contributed by atoms with Crippen molar-refractivity contribution in [3.63, 3.8) is 0 Å². The van der Waals surface area contributed by atoms with E-state index < -0.39 is 11.7 Å². The summed E-state index contributed by atoms with van der Waals surface area (Å²) < 4.78 is 16.6. The van der Waals surface area contributed by atoms with Crippen molar-refractivity contribution < 1.29 is 18.7 Å². The van der Waals surface area contributed by atoms with Gasteiger partial charge in [-0.2, -0.15) is 4.68 Å². The molecular formula is C19H18N2O5. The fourth-order valence-electron chi connectivity index (χ4n) is 2.30. The Hall–Kier alpha value is -3.35. The number of aromatic nitrogens is 2. The first-order chi connectivity index (χ1) is 12.6. The van der Waals surface area contributed by atoms with Crippen LogP contribution in [0.4, 0.5) is 0 Å². The maximum absolute atomic E-state index is 11.9. The molecule has 0 aliphatic heterocycles. The van der Waals surface area contributed by atoms with Gasteiger partial charge in [-0.1, -0.05) is 36.4 Å². The third kappa shape index (κ3) is 4.38. The van der Waals surface area contributed by atoms with Crippen LogP contribution in [0, 0.1) is 6.92 Å². The molecule has 3 aromatic rings. The molecule has 7 heteroatoms. The molecule has 0 spiro atoms. The molecule has 0 unspecified atom stereocenters. The summed E-state index contributed by atoms with van der Waals surface area (Å²) in [7, 11) is 0. The smallest absolute Gasteiger partial charge is 0.437 e. The van der Waals surface area contributed by atoms with Gasteiger partial charge in [-0.05, 0) is 30.7 Å². The van der Waals surface area contributed by atoms with Gasteiger partial charge in [0.1, 0.15) is 25.5 Å². The summed E-state index contributed by atoms with van der Waals surface area (Å²) in [5.41, 5.74) is 1.66. The monoisotopic (exact) mass is 354 g/mol. The first kappa shape index (κ1) is 17.5. The quantitative estimate of drug-likeness (QED) is 0.479. The number of carbonyl (C=O) groups is 1. The molecule has 0 bridgehead atoms. The largest absolute Gasteiger partial charge is 0.490 e. The first-order valence-corrected chi connectivity index (χ1v) is 8.11. The van der Waals surface area contributed by atoms with E-state index in [0.717, 1.165) is 16.0 Å². The van der Waals surface area contributed by atoms with Gasteiger partial charge < -0.3 is 13.9 Å². The summed E-state index contributed by atoms with van der Waals surface area (Å²) >= 11 is 0. The minimum atomic E-state index is -0.711. The molecule has 1 aromatic heterocycles. The Morgan fingerprint density at radius 2 is 1.81 bits per heavy atom. The summed E-state index contributed by atoms with van der Waals surface area (Å²) in [5, 5.41) is 4.01. The van der Waals surface area contributed by atoms with Gasteiger partial charge in [0.15, 0.2) is 0 Å². The van der Waals surface area contributed by atoms with Gasteiger partial charge in [-0.3, -0.25) is 4.79 Å². The third-order valence-corrected chi connectivity index (χ3v) is 3.60. The van der Waals surface area contributed by atoms with E-state index in [9.17, 15) is 9.59 Å². The third-order valence-electron chi connectivity index (χ3n) is 3.60.